The van der Waals surface area contributed by atoms with Crippen molar-refractivity contribution in [1.29, 1.82) is 0 Å². The molecular formula is C18H21N7S. The predicted octanol–water partition coefficient (Wildman–Crippen LogP) is 3.58. The Bertz CT molecular complexity index is 936. The highest BCUT2D eigenvalue weighted by Crippen LogP contribution is 2.40. The van der Waals surface area contributed by atoms with Crippen LogP contribution < -0.4 is 16.0 Å². The molecule has 3 aromatic heterocycles. The zero-order valence-electron chi connectivity index (χ0n) is 14.4. The van der Waals surface area contributed by atoms with E-state index in [2.05, 4.69) is 25.2 Å². The minimum Gasteiger partial charge on any atom is -0.384 e. The molecule has 26 heavy (non-hydrogen) atoms. The van der Waals surface area contributed by atoms with Crippen molar-refractivity contribution in [2.75, 3.05) is 22.5 Å². The third kappa shape index (κ3) is 2.84. The third-order valence-corrected chi connectivity index (χ3v) is 6.54. The van der Waals surface area contributed by atoms with Crippen LogP contribution >= 0.6 is 11.3 Å². The molecule has 3 aliphatic rings. The summed E-state index contributed by atoms with van der Waals surface area (Å²) in [4.78, 5) is 20.1. The van der Waals surface area contributed by atoms with Crippen LogP contribution in [0.3, 0.4) is 0 Å². The predicted molar refractivity (Wildman–Crippen MR) is 105 cm³/mol. The Hall–Kier alpha value is -2.48. The number of nitrogens with one attached hydrogen (secondary N) is 1. The molecule has 0 radical (unpaired) electrons. The fraction of sp³-hybridized carbons (Fsp3) is 0.444. The number of nitrogens with two attached hydrogens (primary N) is 1. The van der Waals surface area contributed by atoms with Gasteiger partial charge in [0.2, 0.25) is 0 Å². The van der Waals surface area contributed by atoms with Gasteiger partial charge in [0.1, 0.15) is 18.0 Å². The van der Waals surface area contributed by atoms with Crippen molar-refractivity contribution < 1.29 is 0 Å². The largest absolute Gasteiger partial charge is 0.384 e. The average Bonchev–Trinajstić information content (AvgIpc) is 2.82. The van der Waals surface area contributed by atoms with Gasteiger partial charge < -0.3 is 16.0 Å². The number of hydrogen-bond donors (Lipinski definition) is 2. The lowest BCUT2D eigenvalue weighted by molar-refractivity contribution is 0.387. The first-order valence-corrected chi connectivity index (χ1v) is 9.94. The quantitative estimate of drug-likeness (QED) is 0.731. The van der Waals surface area contributed by atoms with Crippen molar-refractivity contribution in [3.05, 3.63) is 24.7 Å². The Morgan fingerprint density at radius 2 is 2.12 bits per heavy atom. The van der Waals surface area contributed by atoms with E-state index in [4.69, 9.17) is 10.7 Å². The van der Waals surface area contributed by atoms with Gasteiger partial charge in [-0.15, -0.1) is 0 Å². The minimum absolute atomic E-state index is 0.431. The van der Waals surface area contributed by atoms with Crippen LogP contribution in [0.15, 0.2) is 24.7 Å². The van der Waals surface area contributed by atoms with Gasteiger partial charge in [-0.3, -0.25) is 0 Å². The van der Waals surface area contributed by atoms with E-state index in [0.717, 1.165) is 33.6 Å². The molecule has 1 aliphatic carbocycles. The van der Waals surface area contributed by atoms with Gasteiger partial charge in [-0.05, 0) is 37.7 Å². The van der Waals surface area contributed by atoms with Gasteiger partial charge in [0.05, 0.1) is 10.2 Å². The monoisotopic (exact) mass is 367 g/mol. The van der Waals surface area contributed by atoms with E-state index >= 15 is 0 Å². The Morgan fingerprint density at radius 3 is 3.04 bits per heavy atom. The van der Waals surface area contributed by atoms with Crippen LogP contribution in [-0.4, -0.2) is 32.5 Å². The van der Waals surface area contributed by atoms with Crippen LogP contribution in [0.25, 0.3) is 10.2 Å². The lowest BCUT2D eigenvalue weighted by atomic mass is 9.95. The number of nitrogens with zero attached hydrogens (tertiary/aromatic N) is 5. The van der Waals surface area contributed by atoms with Crippen molar-refractivity contribution in [3.8, 4) is 0 Å². The van der Waals surface area contributed by atoms with Crippen molar-refractivity contribution in [2.24, 2.45) is 5.92 Å². The summed E-state index contributed by atoms with van der Waals surface area (Å²) in [5.74, 6) is 2.66. The van der Waals surface area contributed by atoms with Crippen LogP contribution in [0.1, 0.15) is 32.1 Å². The van der Waals surface area contributed by atoms with E-state index in [1.54, 1.807) is 23.6 Å². The number of pyridine rings is 1. The van der Waals surface area contributed by atoms with Gasteiger partial charge in [-0.25, -0.2) is 19.9 Å². The maximum absolute atomic E-state index is 5.75. The number of nitrogen functional groups attached to an aromatic ring is 1. The highest BCUT2D eigenvalue weighted by molar-refractivity contribution is 7.22. The molecule has 3 aromatic rings. The fourth-order valence-electron chi connectivity index (χ4n) is 4.13. The van der Waals surface area contributed by atoms with Gasteiger partial charge in [-0.1, -0.05) is 17.8 Å². The number of fused-ring (bicyclic) bond motifs is 5. The van der Waals surface area contributed by atoms with Crippen LogP contribution in [0.2, 0.25) is 0 Å². The highest BCUT2D eigenvalue weighted by Gasteiger charge is 2.33. The van der Waals surface area contributed by atoms with Gasteiger partial charge in [0, 0.05) is 24.8 Å². The molecule has 0 spiro atoms. The standard InChI is InChI=1S/C18H21N7S/c19-14-8-15(22-10-21-14)24-17-16-13(6-7-20-17)23-18(26-16)25-9-11-2-1-3-12(25)5-4-11/h6-8,10-12H,1-5,9H2,(H3,19,20,21,22,24). The number of piperidine rings is 1. The maximum atomic E-state index is 5.75. The van der Waals surface area contributed by atoms with E-state index < -0.39 is 0 Å². The Morgan fingerprint density at radius 1 is 1.15 bits per heavy atom. The maximum Gasteiger partial charge on any atom is 0.186 e. The zero-order chi connectivity index (χ0) is 17.5. The molecule has 2 bridgehead atoms. The molecule has 7 nitrogen and oxygen atoms in total. The van der Waals surface area contributed by atoms with E-state index in [1.807, 2.05) is 6.07 Å². The van der Waals surface area contributed by atoms with Crippen LogP contribution in [0, 0.1) is 5.92 Å². The molecule has 1 saturated carbocycles. The second-order valence-electron chi connectivity index (χ2n) is 7.14. The fourth-order valence-corrected chi connectivity index (χ4v) is 5.22. The topological polar surface area (TPSA) is 92.8 Å². The molecule has 0 aromatic carbocycles. The van der Waals surface area contributed by atoms with Crippen molar-refractivity contribution in [1.82, 2.24) is 19.9 Å². The summed E-state index contributed by atoms with van der Waals surface area (Å²) in [6.45, 7) is 1.14. The zero-order valence-corrected chi connectivity index (χ0v) is 15.2. The summed E-state index contributed by atoms with van der Waals surface area (Å²) in [5, 5.41) is 4.38. The van der Waals surface area contributed by atoms with Gasteiger partial charge >= 0.3 is 0 Å². The second kappa shape index (κ2) is 6.35. The molecule has 2 unspecified atom stereocenters. The molecule has 3 fully saturated rings. The molecule has 3 N–H and O–H groups in total. The van der Waals surface area contributed by atoms with E-state index in [9.17, 15) is 0 Å². The lowest BCUT2D eigenvalue weighted by Crippen LogP contribution is -2.41. The number of thiazole rings is 1. The molecule has 2 aliphatic heterocycles. The minimum atomic E-state index is 0.431. The second-order valence-corrected chi connectivity index (χ2v) is 8.12. The summed E-state index contributed by atoms with van der Waals surface area (Å²) < 4.78 is 1.06. The Kier molecular flexibility index (Phi) is 3.85. The first kappa shape index (κ1) is 15.7. The number of aromatic nitrogens is 4. The highest BCUT2D eigenvalue weighted by atomic mass is 32.1. The Balaban J connectivity index is 1.50. The van der Waals surface area contributed by atoms with Crippen LogP contribution in [0.4, 0.5) is 22.6 Å². The van der Waals surface area contributed by atoms with Gasteiger partial charge in [-0.2, -0.15) is 0 Å². The summed E-state index contributed by atoms with van der Waals surface area (Å²) in [6.07, 6.45) is 9.90. The first-order valence-electron chi connectivity index (χ1n) is 9.13. The number of hydrogen-bond acceptors (Lipinski definition) is 8. The molecule has 0 amide bonds. The van der Waals surface area contributed by atoms with Crippen LogP contribution in [-0.2, 0) is 0 Å². The normalized spacial score (nSPS) is 22.5. The summed E-state index contributed by atoms with van der Waals surface area (Å²) in [6, 6.07) is 4.32. The van der Waals surface area contributed by atoms with Gasteiger partial charge in [0.15, 0.2) is 10.9 Å². The van der Waals surface area contributed by atoms with Crippen molar-refractivity contribution in [3.63, 3.8) is 0 Å². The molecule has 6 rings (SSSR count). The summed E-state index contributed by atoms with van der Waals surface area (Å²) in [5.41, 5.74) is 6.72. The first-order chi connectivity index (χ1) is 12.8. The SMILES string of the molecule is Nc1cc(Nc2nccc3nc(N4CC5CCCC4CC5)sc23)ncn1. The third-order valence-electron chi connectivity index (χ3n) is 5.43. The van der Waals surface area contributed by atoms with E-state index in [1.165, 1.54) is 38.4 Å². The average molecular weight is 367 g/mol. The Labute approximate surface area is 155 Å². The number of anilines is 4. The smallest absolute Gasteiger partial charge is 0.186 e. The van der Waals surface area contributed by atoms with E-state index in [-0.39, 0.29) is 0 Å². The number of rotatable bonds is 3. The van der Waals surface area contributed by atoms with Crippen molar-refractivity contribution >= 4 is 44.1 Å². The molecule has 134 valence electrons. The van der Waals surface area contributed by atoms with E-state index in [0.29, 0.717) is 17.7 Å². The van der Waals surface area contributed by atoms with Gasteiger partial charge in [0.25, 0.3) is 0 Å². The molecule has 8 heteroatoms. The van der Waals surface area contributed by atoms with Crippen molar-refractivity contribution in [2.45, 2.75) is 38.1 Å². The molecule has 2 saturated heterocycles. The van der Waals surface area contributed by atoms with Crippen LogP contribution in [0.5, 0.6) is 0 Å². The summed E-state index contributed by atoms with van der Waals surface area (Å²) in [7, 11) is 0. The molecule has 5 heterocycles. The lowest BCUT2D eigenvalue weighted by Gasteiger charge is -2.36. The summed E-state index contributed by atoms with van der Waals surface area (Å²) >= 11 is 1.72. The molecule has 2 atom stereocenters. The molecular weight excluding hydrogens is 346 g/mol.